The maximum Gasteiger partial charge on any atom is 0.432 e. The maximum absolute atomic E-state index is 12.3. The quantitative estimate of drug-likeness (QED) is 0.345. The second-order valence-electron chi connectivity index (χ2n) is 6.30. The molecule has 0 aliphatic heterocycles. The van der Waals surface area contributed by atoms with Crippen LogP contribution in [-0.4, -0.2) is 51.3 Å². The number of ether oxygens (including phenoxy) is 2. The molecule has 0 fully saturated rings. The van der Waals surface area contributed by atoms with Crippen molar-refractivity contribution >= 4 is 18.3 Å². The van der Waals surface area contributed by atoms with Gasteiger partial charge in [-0.05, 0) is 5.56 Å². The van der Waals surface area contributed by atoms with Crippen molar-refractivity contribution in [2.75, 3.05) is 7.11 Å². The number of rotatable bonds is 6. The van der Waals surface area contributed by atoms with E-state index < -0.39 is 46.0 Å². The topological polar surface area (TPSA) is 183 Å². The van der Waals surface area contributed by atoms with Crippen LogP contribution in [0.2, 0.25) is 0 Å². The van der Waals surface area contributed by atoms with Gasteiger partial charge in [0, 0.05) is 10.5 Å². The molecule has 0 aliphatic rings. The number of carbonyl (C=O) groups excluding carboxylic acids is 2. The van der Waals surface area contributed by atoms with Crippen LogP contribution in [0.3, 0.4) is 0 Å². The number of benzene rings is 2. The first-order valence-corrected chi connectivity index (χ1v) is 8.66. The lowest BCUT2D eigenvalue weighted by molar-refractivity contribution is -0.621. The average molecular weight is 433 g/mol. The fourth-order valence-corrected chi connectivity index (χ4v) is 2.93. The third-order valence-electron chi connectivity index (χ3n) is 4.43. The van der Waals surface area contributed by atoms with E-state index in [0.29, 0.717) is 5.56 Å². The van der Waals surface area contributed by atoms with Gasteiger partial charge in [0.25, 0.3) is 0 Å². The number of carbonyl (C=O) groups is 3. The number of hydrogen-bond donors (Lipinski definition) is 3. The Morgan fingerprint density at radius 3 is 2.03 bits per heavy atom. The number of amides is 3. The highest BCUT2D eigenvalue weighted by molar-refractivity contribution is 6.03. The van der Waals surface area contributed by atoms with Gasteiger partial charge in [-0.2, -0.15) is 0 Å². The Kier molecular flexibility index (Phi) is 6.89. The minimum atomic E-state index is -3.40. The molecule has 0 radical (unpaired) electrons. The van der Waals surface area contributed by atoms with E-state index in [2.05, 4.69) is 9.47 Å². The van der Waals surface area contributed by atoms with E-state index in [1.807, 2.05) is 0 Å². The SMILES string of the molecule is COC(=O)N(C(=O)O)C(=O)OC(N)(O)C(Cc1ccccc1)(c1ccccc1)[N+](=O)[O-]. The Balaban J connectivity index is 2.61. The van der Waals surface area contributed by atoms with Crippen molar-refractivity contribution in [2.45, 2.75) is 17.9 Å². The summed E-state index contributed by atoms with van der Waals surface area (Å²) in [4.78, 5) is 46.0. The molecule has 164 valence electrons. The molecule has 2 unspecified atom stereocenters. The van der Waals surface area contributed by atoms with Crippen LogP contribution in [0, 0.1) is 10.1 Å². The molecule has 0 aliphatic carbocycles. The molecule has 0 aromatic heterocycles. The summed E-state index contributed by atoms with van der Waals surface area (Å²) < 4.78 is 8.81. The fourth-order valence-electron chi connectivity index (χ4n) is 2.93. The summed E-state index contributed by atoms with van der Waals surface area (Å²) in [5, 5.41) is 32.3. The lowest BCUT2D eigenvalue weighted by atomic mass is 9.81. The van der Waals surface area contributed by atoms with Gasteiger partial charge in [-0.3, -0.25) is 15.8 Å². The van der Waals surface area contributed by atoms with Crippen molar-refractivity contribution in [2.24, 2.45) is 5.73 Å². The zero-order valence-electron chi connectivity index (χ0n) is 16.2. The average Bonchev–Trinajstić information content (AvgIpc) is 2.72. The predicted molar refractivity (Wildman–Crippen MR) is 103 cm³/mol. The minimum absolute atomic E-state index is 0.137. The van der Waals surface area contributed by atoms with Gasteiger partial charge in [-0.25, -0.2) is 14.4 Å². The van der Waals surface area contributed by atoms with Crippen LogP contribution in [0.5, 0.6) is 0 Å². The standard InChI is InChI=1S/C19H19N3O9/c1-30-16(25)21(15(23)24)17(26)31-19(20,27)18(22(28)29,14-10-6-3-7-11-14)12-13-8-4-2-5-9-13/h2-11,27H,12,20H2,1H3,(H,23,24). The van der Waals surface area contributed by atoms with Gasteiger partial charge in [0.2, 0.25) is 0 Å². The number of aliphatic hydroxyl groups is 1. The van der Waals surface area contributed by atoms with Crippen molar-refractivity contribution in [1.82, 2.24) is 4.90 Å². The van der Waals surface area contributed by atoms with Gasteiger partial charge in [0.1, 0.15) is 0 Å². The molecule has 2 atom stereocenters. The summed E-state index contributed by atoms with van der Waals surface area (Å²) in [5.41, 5.74) is 3.30. The fraction of sp³-hybridized carbons (Fsp3) is 0.211. The first kappa shape index (κ1) is 23.3. The zero-order valence-corrected chi connectivity index (χ0v) is 16.2. The molecule has 2 rings (SSSR count). The van der Waals surface area contributed by atoms with Crippen molar-refractivity contribution in [3.8, 4) is 0 Å². The smallest absolute Gasteiger partial charge is 0.432 e. The van der Waals surface area contributed by atoms with Crippen LogP contribution >= 0.6 is 0 Å². The van der Waals surface area contributed by atoms with Crippen LogP contribution in [0.1, 0.15) is 11.1 Å². The molecule has 2 aromatic rings. The van der Waals surface area contributed by atoms with Gasteiger partial charge in [-0.15, -0.1) is 4.90 Å². The monoisotopic (exact) mass is 433 g/mol. The third-order valence-corrected chi connectivity index (χ3v) is 4.43. The first-order valence-electron chi connectivity index (χ1n) is 8.66. The van der Waals surface area contributed by atoms with E-state index in [-0.39, 0.29) is 5.56 Å². The molecule has 2 aromatic carbocycles. The first-order chi connectivity index (χ1) is 14.6. The number of hydrogen-bond acceptors (Lipinski definition) is 9. The van der Waals surface area contributed by atoms with Crippen molar-refractivity contribution in [3.63, 3.8) is 0 Å². The van der Waals surface area contributed by atoms with Gasteiger partial charge in [0.15, 0.2) is 0 Å². The zero-order chi connectivity index (χ0) is 23.2. The highest BCUT2D eigenvalue weighted by Gasteiger charge is 2.64. The molecule has 0 bridgehead atoms. The van der Waals surface area contributed by atoms with E-state index in [4.69, 9.17) is 10.8 Å². The van der Waals surface area contributed by atoms with Crippen LogP contribution in [0.4, 0.5) is 14.4 Å². The Labute approximate surface area is 175 Å². The molecule has 31 heavy (non-hydrogen) atoms. The molecular weight excluding hydrogens is 414 g/mol. The van der Waals surface area contributed by atoms with E-state index in [1.54, 1.807) is 24.3 Å². The molecule has 12 nitrogen and oxygen atoms in total. The second kappa shape index (κ2) is 9.19. The number of methoxy groups -OCH3 is 1. The Bertz CT molecular complexity index is 966. The second-order valence-corrected chi connectivity index (χ2v) is 6.30. The van der Waals surface area contributed by atoms with Crippen LogP contribution in [0.15, 0.2) is 60.7 Å². The highest BCUT2D eigenvalue weighted by atomic mass is 16.7. The van der Waals surface area contributed by atoms with E-state index >= 15 is 0 Å². The highest BCUT2D eigenvalue weighted by Crippen LogP contribution is 2.38. The Hall–Kier alpha value is -4.03. The van der Waals surface area contributed by atoms with Gasteiger partial charge in [-0.1, -0.05) is 60.7 Å². The normalized spacial score (nSPS) is 14.4. The number of nitro groups is 1. The summed E-state index contributed by atoms with van der Waals surface area (Å²) in [5.74, 6) is -3.40. The Morgan fingerprint density at radius 1 is 1.06 bits per heavy atom. The summed E-state index contributed by atoms with van der Waals surface area (Å²) in [6.45, 7) is 0. The number of carboxylic acid groups (broad SMARTS) is 1. The van der Waals surface area contributed by atoms with Gasteiger partial charge >= 0.3 is 29.7 Å². The van der Waals surface area contributed by atoms with Crippen molar-refractivity contribution < 1.29 is 39.0 Å². The van der Waals surface area contributed by atoms with Crippen LogP contribution < -0.4 is 5.73 Å². The van der Waals surface area contributed by atoms with Crippen LogP contribution in [0.25, 0.3) is 0 Å². The number of nitrogens with zero attached hydrogens (tertiary/aromatic N) is 2. The lowest BCUT2D eigenvalue weighted by Gasteiger charge is -2.36. The number of imide groups is 3. The summed E-state index contributed by atoms with van der Waals surface area (Å²) >= 11 is 0. The van der Waals surface area contributed by atoms with E-state index in [1.165, 1.54) is 36.4 Å². The van der Waals surface area contributed by atoms with Gasteiger partial charge in [0.05, 0.1) is 13.5 Å². The molecule has 0 heterocycles. The molecule has 3 amide bonds. The van der Waals surface area contributed by atoms with E-state index in [9.17, 15) is 29.6 Å². The van der Waals surface area contributed by atoms with Crippen LogP contribution in [-0.2, 0) is 21.4 Å². The molecular formula is C19H19N3O9. The summed E-state index contributed by atoms with van der Waals surface area (Å²) in [7, 11) is 0.793. The third kappa shape index (κ3) is 4.60. The largest absolute Gasteiger partial charge is 0.464 e. The molecule has 0 spiro atoms. The predicted octanol–water partition coefficient (Wildman–Crippen LogP) is 1.89. The molecule has 0 saturated carbocycles. The van der Waals surface area contributed by atoms with Gasteiger partial charge < -0.3 is 19.7 Å². The molecule has 4 N–H and O–H groups in total. The summed E-state index contributed by atoms with van der Waals surface area (Å²) in [6.07, 6.45) is -6.30. The number of nitrogens with two attached hydrogens (primary N) is 1. The van der Waals surface area contributed by atoms with Crippen molar-refractivity contribution in [1.29, 1.82) is 0 Å². The molecule has 0 saturated heterocycles. The minimum Gasteiger partial charge on any atom is -0.464 e. The lowest BCUT2D eigenvalue weighted by Crippen LogP contribution is -2.66. The Morgan fingerprint density at radius 2 is 1.58 bits per heavy atom. The molecule has 12 heteroatoms. The van der Waals surface area contributed by atoms with E-state index in [0.717, 1.165) is 7.11 Å². The summed E-state index contributed by atoms with van der Waals surface area (Å²) in [6, 6.07) is 14.9. The maximum atomic E-state index is 12.3. The van der Waals surface area contributed by atoms with Crippen molar-refractivity contribution in [3.05, 3.63) is 81.9 Å².